The van der Waals surface area contributed by atoms with Gasteiger partial charge in [0, 0.05) is 17.8 Å². The lowest BCUT2D eigenvalue weighted by molar-refractivity contribution is 0.464. The molecule has 1 N–H and O–H groups in total. The molecule has 1 unspecified atom stereocenters. The van der Waals surface area contributed by atoms with Gasteiger partial charge in [-0.25, -0.2) is 0 Å². The normalized spacial score (nSPS) is 17.1. The molecule has 1 heterocycles. The van der Waals surface area contributed by atoms with Crippen molar-refractivity contribution in [3.05, 3.63) is 17.0 Å². The van der Waals surface area contributed by atoms with Gasteiger partial charge in [-0.2, -0.15) is 5.10 Å². The van der Waals surface area contributed by atoms with Crippen LogP contribution in [0.4, 0.5) is 0 Å². The summed E-state index contributed by atoms with van der Waals surface area (Å²) in [6.07, 6.45) is 6.29. The van der Waals surface area contributed by atoms with E-state index in [0.29, 0.717) is 6.04 Å². The molecule has 18 heavy (non-hydrogen) atoms. The summed E-state index contributed by atoms with van der Waals surface area (Å²) in [7, 11) is 0. The third-order valence-electron chi connectivity index (χ3n) is 4.10. The van der Waals surface area contributed by atoms with Gasteiger partial charge in [-0.15, -0.1) is 0 Å². The quantitative estimate of drug-likeness (QED) is 0.752. The molecule has 102 valence electrons. The van der Waals surface area contributed by atoms with Crippen molar-refractivity contribution < 1.29 is 0 Å². The van der Waals surface area contributed by atoms with Gasteiger partial charge in [0.15, 0.2) is 0 Å². The molecule has 0 saturated heterocycles. The molecule has 2 rings (SSSR count). The minimum Gasteiger partial charge on any atom is -0.314 e. The predicted octanol–water partition coefficient (Wildman–Crippen LogP) is 3.16. The number of nitrogens with zero attached hydrogens (tertiary/aromatic N) is 2. The van der Waals surface area contributed by atoms with E-state index in [0.717, 1.165) is 25.4 Å². The third-order valence-corrected chi connectivity index (χ3v) is 4.10. The Morgan fingerprint density at radius 2 is 2.11 bits per heavy atom. The first-order chi connectivity index (χ1) is 8.63. The minimum atomic E-state index is 0.516. The third kappa shape index (κ3) is 3.14. The second-order valence-corrected chi connectivity index (χ2v) is 5.68. The summed E-state index contributed by atoms with van der Waals surface area (Å²) in [6, 6.07) is 1.34. The van der Waals surface area contributed by atoms with E-state index in [-0.39, 0.29) is 0 Å². The van der Waals surface area contributed by atoms with E-state index in [2.05, 4.69) is 37.7 Å². The van der Waals surface area contributed by atoms with Crippen molar-refractivity contribution in [3.8, 4) is 0 Å². The van der Waals surface area contributed by atoms with Crippen molar-refractivity contribution >= 4 is 0 Å². The van der Waals surface area contributed by atoms with Crippen molar-refractivity contribution in [1.82, 2.24) is 15.1 Å². The van der Waals surface area contributed by atoms with E-state index >= 15 is 0 Å². The Hall–Kier alpha value is -0.830. The van der Waals surface area contributed by atoms with Gasteiger partial charge in [0.05, 0.1) is 5.69 Å². The molecule has 1 fully saturated rings. The molecule has 0 aliphatic heterocycles. The van der Waals surface area contributed by atoms with Crippen LogP contribution in [0.5, 0.6) is 0 Å². The van der Waals surface area contributed by atoms with Crippen LogP contribution in [0.1, 0.15) is 62.5 Å². The first-order valence-electron chi connectivity index (χ1n) is 7.41. The number of aryl methyl sites for hydroxylation is 1. The van der Waals surface area contributed by atoms with Crippen LogP contribution in [-0.4, -0.2) is 22.4 Å². The van der Waals surface area contributed by atoms with Crippen molar-refractivity contribution in [2.24, 2.45) is 0 Å². The lowest BCUT2D eigenvalue weighted by Crippen LogP contribution is -2.18. The van der Waals surface area contributed by atoms with Crippen LogP contribution in [0.15, 0.2) is 0 Å². The SMILES string of the molecule is CCC(C)n1nc(C)c(CCCNC2CC2)c1C. The van der Waals surface area contributed by atoms with Gasteiger partial charge in [-0.05, 0) is 65.0 Å². The van der Waals surface area contributed by atoms with Gasteiger partial charge >= 0.3 is 0 Å². The summed E-state index contributed by atoms with van der Waals surface area (Å²) < 4.78 is 2.21. The number of rotatable bonds is 7. The molecule has 1 aromatic rings. The summed E-state index contributed by atoms with van der Waals surface area (Å²) in [4.78, 5) is 0. The highest BCUT2D eigenvalue weighted by Crippen LogP contribution is 2.21. The maximum atomic E-state index is 4.70. The highest BCUT2D eigenvalue weighted by molar-refractivity contribution is 5.25. The molecular weight excluding hydrogens is 222 g/mol. The Morgan fingerprint density at radius 3 is 2.72 bits per heavy atom. The number of hydrogen-bond donors (Lipinski definition) is 1. The molecule has 1 aliphatic rings. The smallest absolute Gasteiger partial charge is 0.0628 e. The molecule has 1 aromatic heterocycles. The van der Waals surface area contributed by atoms with Gasteiger partial charge in [0.2, 0.25) is 0 Å². The van der Waals surface area contributed by atoms with Gasteiger partial charge in [-0.1, -0.05) is 6.92 Å². The van der Waals surface area contributed by atoms with Crippen LogP contribution < -0.4 is 5.32 Å². The van der Waals surface area contributed by atoms with Gasteiger partial charge < -0.3 is 5.32 Å². The Morgan fingerprint density at radius 1 is 1.39 bits per heavy atom. The van der Waals surface area contributed by atoms with Gasteiger partial charge in [0.25, 0.3) is 0 Å². The first kappa shape index (κ1) is 13.6. The van der Waals surface area contributed by atoms with Crippen molar-refractivity contribution in [2.45, 2.75) is 71.9 Å². The second kappa shape index (κ2) is 5.87. The fourth-order valence-corrected chi connectivity index (χ4v) is 2.52. The maximum Gasteiger partial charge on any atom is 0.0628 e. The van der Waals surface area contributed by atoms with Crippen LogP contribution in [0.3, 0.4) is 0 Å². The van der Waals surface area contributed by atoms with E-state index in [9.17, 15) is 0 Å². The first-order valence-corrected chi connectivity index (χ1v) is 7.41. The van der Waals surface area contributed by atoms with Crippen molar-refractivity contribution in [3.63, 3.8) is 0 Å². The molecule has 0 amide bonds. The standard InChI is InChI=1S/C15H27N3/c1-5-11(2)18-13(4)15(12(3)17-18)7-6-10-16-14-8-9-14/h11,14,16H,5-10H2,1-4H3. The van der Waals surface area contributed by atoms with E-state index in [1.165, 1.54) is 36.2 Å². The van der Waals surface area contributed by atoms with Crippen LogP contribution in [0.2, 0.25) is 0 Å². The zero-order valence-electron chi connectivity index (χ0n) is 12.3. The molecular formula is C15H27N3. The Bertz CT molecular complexity index is 391. The monoisotopic (exact) mass is 249 g/mol. The molecule has 1 atom stereocenters. The molecule has 0 aromatic carbocycles. The average molecular weight is 249 g/mol. The zero-order chi connectivity index (χ0) is 13.1. The van der Waals surface area contributed by atoms with Crippen LogP contribution in [0, 0.1) is 13.8 Å². The summed E-state index contributed by atoms with van der Waals surface area (Å²) in [5.74, 6) is 0. The van der Waals surface area contributed by atoms with E-state index in [1.54, 1.807) is 0 Å². The summed E-state index contributed by atoms with van der Waals surface area (Å²) in [5.41, 5.74) is 4.06. The topological polar surface area (TPSA) is 29.9 Å². The lowest BCUT2D eigenvalue weighted by Gasteiger charge is -2.12. The Balaban J connectivity index is 1.91. The average Bonchev–Trinajstić information content (AvgIpc) is 3.13. The fraction of sp³-hybridized carbons (Fsp3) is 0.800. The summed E-state index contributed by atoms with van der Waals surface area (Å²) in [5, 5.41) is 8.28. The highest BCUT2D eigenvalue weighted by Gasteiger charge is 2.20. The molecule has 1 aliphatic carbocycles. The lowest BCUT2D eigenvalue weighted by atomic mass is 10.1. The Kier molecular flexibility index (Phi) is 4.44. The van der Waals surface area contributed by atoms with Crippen LogP contribution in [0.25, 0.3) is 0 Å². The van der Waals surface area contributed by atoms with E-state index in [4.69, 9.17) is 5.10 Å². The molecule has 3 heteroatoms. The zero-order valence-corrected chi connectivity index (χ0v) is 12.3. The maximum absolute atomic E-state index is 4.70. The molecule has 0 spiro atoms. The molecule has 3 nitrogen and oxygen atoms in total. The van der Waals surface area contributed by atoms with Crippen molar-refractivity contribution in [1.29, 1.82) is 0 Å². The van der Waals surface area contributed by atoms with E-state index < -0.39 is 0 Å². The number of nitrogens with one attached hydrogen (secondary N) is 1. The summed E-state index contributed by atoms with van der Waals surface area (Å²) in [6.45, 7) is 9.99. The molecule has 1 saturated carbocycles. The van der Waals surface area contributed by atoms with Crippen LogP contribution in [-0.2, 0) is 6.42 Å². The van der Waals surface area contributed by atoms with Crippen LogP contribution >= 0.6 is 0 Å². The highest BCUT2D eigenvalue weighted by atomic mass is 15.3. The summed E-state index contributed by atoms with van der Waals surface area (Å²) >= 11 is 0. The minimum absolute atomic E-state index is 0.516. The van der Waals surface area contributed by atoms with Gasteiger partial charge in [0.1, 0.15) is 0 Å². The van der Waals surface area contributed by atoms with Crippen molar-refractivity contribution in [2.75, 3.05) is 6.54 Å². The molecule has 0 bridgehead atoms. The fourth-order valence-electron chi connectivity index (χ4n) is 2.52. The molecule has 0 radical (unpaired) electrons. The van der Waals surface area contributed by atoms with Gasteiger partial charge in [-0.3, -0.25) is 4.68 Å². The number of hydrogen-bond acceptors (Lipinski definition) is 2. The predicted molar refractivity (Wildman–Crippen MR) is 76.0 cm³/mol. The van der Waals surface area contributed by atoms with E-state index in [1.807, 2.05) is 0 Å². The number of aromatic nitrogens is 2. The Labute approximate surface area is 111 Å². The largest absolute Gasteiger partial charge is 0.314 e. The second-order valence-electron chi connectivity index (χ2n) is 5.68.